The van der Waals surface area contributed by atoms with Crippen LogP contribution in [0.25, 0.3) is 0 Å². The molecule has 2 fully saturated rings. The number of ether oxygens (including phenoxy) is 1. The average Bonchev–Trinajstić information content (AvgIpc) is 2.39. The molecule has 2 rings (SSSR count). The minimum Gasteiger partial charge on any atom is -0.393 e. The summed E-state index contributed by atoms with van der Waals surface area (Å²) in [6, 6.07) is 0.194. The second kappa shape index (κ2) is 5.07. The van der Waals surface area contributed by atoms with Crippen LogP contribution in [0, 0.1) is 0 Å². The number of hydrogen-bond donors (Lipinski definition) is 1. The van der Waals surface area contributed by atoms with E-state index in [0.717, 1.165) is 6.54 Å². The minimum absolute atomic E-state index is 0.0699. The smallest absolute Gasteiger partial charge is 0.110 e. The topological polar surface area (TPSA) is 32.7 Å². The summed E-state index contributed by atoms with van der Waals surface area (Å²) in [4.78, 5) is 2.33. The lowest BCUT2D eigenvalue weighted by Gasteiger charge is -2.47. The highest BCUT2D eigenvalue weighted by Gasteiger charge is 2.37. The van der Waals surface area contributed by atoms with E-state index in [1.165, 1.54) is 32.1 Å². The molecule has 3 nitrogen and oxygen atoms in total. The molecular formula is C12H22BNO2. The van der Waals surface area contributed by atoms with Gasteiger partial charge < -0.3 is 9.84 Å². The van der Waals surface area contributed by atoms with Crippen LogP contribution in [0.15, 0.2) is 0 Å². The first-order chi connectivity index (χ1) is 8.19. The Bertz CT molecular complexity index is 245. The number of rotatable bonds is 2. The van der Waals surface area contributed by atoms with Crippen LogP contribution in [0.4, 0.5) is 0 Å². The van der Waals surface area contributed by atoms with Gasteiger partial charge in [0.2, 0.25) is 0 Å². The van der Waals surface area contributed by atoms with Crippen molar-refractivity contribution < 1.29 is 11.2 Å². The number of nitrogens with zero attached hydrogens (tertiary/aromatic N) is 1. The first-order valence-electron chi connectivity index (χ1n) is 6.97. The summed E-state index contributed by atoms with van der Waals surface area (Å²) in [7, 11) is 5.90. The van der Waals surface area contributed by atoms with Gasteiger partial charge in [-0.25, -0.2) is 0 Å². The van der Waals surface area contributed by atoms with Gasteiger partial charge in [0.05, 0.1) is 6.61 Å². The highest BCUT2D eigenvalue weighted by molar-refractivity contribution is 6.11. The van der Waals surface area contributed by atoms with E-state index in [0.29, 0.717) is 12.6 Å². The van der Waals surface area contributed by atoms with Gasteiger partial charge in [-0.2, -0.15) is 0 Å². The minimum atomic E-state index is -0.769. The molecule has 0 spiro atoms. The Morgan fingerprint density at radius 3 is 2.88 bits per heavy atom. The summed E-state index contributed by atoms with van der Waals surface area (Å²) in [5.74, 6) is 0. The molecule has 2 aliphatic rings. The Kier molecular flexibility index (Phi) is 3.50. The fourth-order valence-corrected chi connectivity index (χ4v) is 2.87. The zero-order valence-electron chi connectivity index (χ0n) is 10.9. The lowest BCUT2D eigenvalue weighted by molar-refractivity contribution is -0.147. The lowest BCUT2D eigenvalue weighted by Crippen LogP contribution is -2.59. The maximum atomic E-state index is 9.45. The predicted molar refractivity (Wildman–Crippen MR) is 64.6 cm³/mol. The quantitative estimate of drug-likeness (QED) is 0.707. The molecule has 1 saturated carbocycles. The fraction of sp³-hybridized carbons (Fsp3) is 1.00. The van der Waals surface area contributed by atoms with Gasteiger partial charge in [0, 0.05) is 26.5 Å². The lowest BCUT2D eigenvalue weighted by atomic mass is 9.88. The van der Waals surface area contributed by atoms with Gasteiger partial charge in [0.15, 0.2) is 0 Å². The predicted octanol–water partition coefficient (Wildman–Crippen LogP) is 0.897. The van der Waals surface area contributed by atoms with Crippen LogP contribution < -0.4 is 0 Å². The van der Waals surface area contributed by atoms with E-state index in [9.17, 15) is 5.11 Å². The maximum Gasteiger partial charge on any atom is 0.110 e. The molecule has 1 aliphatic heterocycles. The zero-order chi connectivity index (χ0) is 12.3. The average molecular weight is 224 g/mol. The highest BCUT2D eigenvalue weighted by atomic mass is 16.5. The monoisotopic (exact) mass is 224 g/mol. The molecule has 0 aromatic carbocycles. The van der Waals surface area contributed by atoms with Crippen LogP contribution >= 0.6 is 0 Å². The van der Waals surface area contributed by atoms with E-state index in [4.69, 9.17) is 14.0 Å². The third kappa shape index (κ3) is 2.79. The Labute approximate surface area is 101 Å². The van der Waals surface area contributed by atoms with Crippen molar-refractivity contribution in [2.24, 2.45) is 0 Å². The molecule has 2 radical (unpaired) electrons. The third-order valence-corrected chi connectivity index (χ3v) is 3.69. The maximum absolute atomic E-state index is 9.45. The second-order valence-electron chi connectivity index (χ2n) is 5.22. The fourth-order valence-electron chi connectivity index (χ4n) is 2.87. The van der Waals surface area contributed by atoms with Gasteiger partial charge in [-0.3, -0.25) is 4.90 Å². The molecule has 0 aromatic heterocycles. The van der Waals surface area contributed by atoms with Crippen LogP contribution in [0.3, 0.4) is 0 Å². The van der Waals surface area contributed by atoms with E-state index in [2.05, 4.69) is 4.90 Å². The van der Waals surface area contributed by atoms with Crippen molar-refractivity contribution in [1.82, 2.24) is 4.90 Å². The number of aliphatic hydroxyl groups excluding tert-OH is 1. The molecule has 1 aliphatic carbocycles. The first kappa shape index (κ1) is 11.1. The van der Waals surface area contributed by atoms with Crippen molar-refractivity contribution in [3.05, 3.63) is 0 Å². The Hall–Kier alpha value is -0.0551. The molecule has 0 aromatic rings. The SMILES string of the molecule is [2H]C[C@@]1(CO)CN(C2CCCCC2)C[C@H]([B])O1. The normalized spacial score (nSPS) is 39.6. The molecule has 2 atom stereocenters. The summed E-state index contributed by atoms with van der Waals surface area (Å²) in [6.07, 6.45) is 6.32. The van der Waals surface area contributed by atoms with Crippen LogP contribution in [-0.2, 0) is 4.74 Å². The highest BCUT2D eigenvalue weighted by Crippen LogP contribution is 2.28. The third-order valence-electron chi connectivity index (χ3n) is 3.69. The Morgan fingerprint density at radius 1 is 1.50 bits per heavy atom. The zero-order valence-corrected chi connectivity index (χ0v) is 9.90. The molecule has 0 unspecified atom stereocenters. The van der Waals surface area contributed by atoms with Gasteiger partial charge in [0.25, 0.3) is 0 Å². The van der Waals surface area contributed by atoms with Crippen molar-refractivity contribution in [3.8, 4) is 0 Å². The van der Waals surface area contributed by atoms with Gasteiger partial charge in [-0.05, 0) is 19.7 Å². The van der Waals surface area contributed by atoms with Crippen molar-refractivity contribution in [2.75, 3.05) is 19.7 Å². The van der Waals surface area contributed by atoms with Crippen molar-refractivity contribution in [2.45, 2.75) is 56.7 Å². The van der Waals surface area contributed by atoms with Crippen LogP contribution in [0.1, 0.15) is 40.4 Å². The summed E-state index contributed by atoms with van der Waals surface area (Å²) < 4.78 is 13.2. The molecule has 16 heavy (non-hydrogen) atoms. The van der Waals surface area contributed by atoms with Crippen molar-refractivity contribution >= 4 is 7.85 Å². The summed E-state index contributed by atoms with van der Waals surface area (Å²) in [6.45, 7) is 1.33. The number of hydrogen-bond acceptors (Lipinski definition) is 3. The second-order valence-corrected chi connectivity index (χ2v) is 5.22. The standard InChI is InChI=1S/C12H22BNO2/c1-12(9-15)8-14(7-11(13)16-12)10-5-3-2-4-6-10/h10-11,15H,2-9H2,1H3/t11-,12+/m1/s1/i1D. The van der Waals surface area contributed by atoms with E-state index in [1.54, 1.807) is 0 Å². The van der Waals surface area contributed by atoms with E-state index in [1.807, 2.05) is 0 Å². The molecule has 90 valence electrons. The summed E-state index contributed by atoms with van der Waals surface area (Å²) in [5, 5.41) is 9.45. The van der Waals surface area contributed by atoms with Gasteiger partial charge in [0.1, 0.15) is 13.4 Å². The number of aliphatic hydroxyl groups is 1. The molecule has 1 N–H and O–H groups in total. The Balaban J connectivity index is 2.02. The largest absolute Gasteiger partial charge is 0.393 e. The van der Waals surface area contributed by atoms with Crippen molar-refractivity contribution in [1.29, 1.82) is 0 Å². The van der Waals surface area contributed by atoms with E-state index < -0.39 is 5.60 Å². The number of morpholine rings is 1. The molecule has 1 heterocycles. The summed E-state index contributed by atoms with van der Waals surface area (Å²) in [5.41, 5.74) is -0.769. The van der Waals surface area contributed by atoms with Gasteiger partial charge >= 0.3 is 0 Å². The van der Waals surface area contributed by atoms with E-state index in [-0.39, 0.29) is 19.5 Å². The van der Waals surface area contributed by atoms with Crippen LogP contribution in [0.5, 0.6) is 0 Å². The van der Waals surface area contributed by atoms with E-state index >= 15 is 0 Å². The molecule has 0 amide bonds. The van der Waals surface area contributed by atoms with Crippen LogP contribution in [0.2, 0.25) is 0 Å². The van der Waals surface area contributed by atoms with Gasteiger partial charge in [-0.15, -0.1) is 0 Å². The molecular weight excluding hydrogens is 201 g/mol. The molecule has 1 saturated heterocycles. The summed E-state index contributed by atoms with van der Waals surface area (Å²) >= 11 is 0. The van der Waals surface area contributed by atoms with Crippen molar-refractivity contribution in [3.63, 3.8) is 0 Å². The molecule has 0 bridgehead atoms. The molecule has 4 heteroatoms. The van der Waals surface area contributed by atoms with Crippen LogP contribution in [-0.4, -0.2) is 55.2 Å². The Morgan fingerprint density at radius 2 is 2.25 bits per heavy atom. The van der Waals surface area contributed by atoms with Gasteiger partial charge in [-0.1, -0.05) is 19.3 Å². The first-order valence-corrected chi connectivity index (χ1v) is 6.27.